The molecule has 2 N–H and O–H groups in total. The Bertz CT molecular complexity index is 858. The average molecular weight is 496 g/mol. The molecule has 3 aromatic rings. The number of guanidine groups is 1. The Hall–Kier alpha value is -1.94. The van der Waals surface area contributed by atoms with Crippen molar-refractivity contribution in [2.45, 2.75) is 26.4 Å². The van der Waals surface area contributed by atoms with E-state index < -0.39 is 0 Å². The molecule has 0 spiro atoms. The normalized spacial score (nSPS) is 11.1. The fourth-order valence-electron chi connectivity index (χ4n) is 2.64. The predicted molar refractivity (Wildman–Crippen MR) is 123 cm³/mol. The Morgan fingerprint density at radius 3 is 2.67 bits per heavy atom. The highest BCUT2D eigenvalue weighted by molar-refractivity contribution is 14.0. The van der Waals surface area contributed by atoms with Crippen LogP contribution in [0.15, 0.2) is 47.7 Å². The molecule has 27 heavy (non-hydrogen) atoms. The zero-order valence-electron chi connectivity index (χ0n) is 15.8. The van der Waals surface area contributed by atoms with Crippen molar-refractivity contribution in [3.8, 4) is 11.3 Å². The van der Waals surface area contributed by atoms with Crippen LogP contribution in [0.5, 0.6) is 0 Å². The van der Waals surface area contributed by atoms with Crippen molar-refractivity contribution in [3.05, 3.63) is 58.4 Å². The molecule has 0 saturated carbocycles. The van der Waals surface area contributed by atoms with Gasteiger partial charge in [0.05, 0.1) is 25.0 Å². The lowest BCUT2D eigenvalue weighted by molar-refractivity contribution is 0.464. The summed E-state index contributed by atoms with van der Waals surface area (Å²) in [6.07, 6.45) is 4.84. The second-order valence-corrected chi connectivity index (χ2v) is 7.14. The van der Waals surface area contributed by atoms with Crippen molar-refractivity contribution in [3.63, 3.8) is 0 Å². The fourth-order valence-corrected chi connectivity index (χ4v) is 3.44. The third-order valence-corrected chi connectivity index (χ3v) is 5.16. The quantitative estimate of drug-likeness (QED) is 0.309. The van der Waals surface area contributed by atoms with Crippen molar-refractivity contribution in [1.29, 1.82) is 0 Å². The van der Waals surface area contributed by atoms with Gasteiger partial charge in [-0.3, -0.25) is 4.99 Å². The molecule has 0 fully saturated rings. The number of aromatic amines is 1. The minimum absolute atomic E-state index is 0. The summed E-state index contributed by atoms with van der Waals surface area (Å²) in [5.74, 6) is 1.72. The third kappa shape index (κ3) is 5.77. The predicted octanol–water partition coefficient (Wildman–Crippen LogP) is 3.92. The fraction of sp³-hybridized carbons (Fsp3) is 0.316. The maximum Gasteiger partial charge on any atom is 0.194 e. The summed E-state index contributed by atoms with van der Waals surface area (Å²) in [5.41, 5.74) is 2.15. The molecule has 2 aromatic heterocycles. The van der Waals surface area contributed by atoms with Gasteiger partial charge in [-0.2, -0.15) is 0 Å². The lowest BCUT2D eigenvalue weighted by atomic mass is 10.2. The van der Waals surface area contributed by atoms with Crippen LogP contribution in [0.2, 0.25) is 0 Å². The maximum atomic E-state index is 4.49. The molecule has 0 aliphatic carbocycles. The minimum Gasteiger partial charge on any atom is -0.350 e. The number of benzene rings is 1. The van der Waals surface area contributed by atoms with Gasteiger partial charge in [-0.05, 0) is 12.0 Å². The molecule has 0 aliphatic heterocycles. The van der Waals surface area contributed by atoms with E-state index in [0.717, 1.165) is 34.5 Å². The van der Waals surface area contributed by atoms with Gasteiger partial charge in [-0.15, -0.1) is 35.3 Å². The first-order chi connectivity index (χ1) is 12.7. The summed E-state index contributed by atoms with van der Waals surface area (Å²) in [5, 5.41) is 4.43. The van der Waals surface area contributed by atoms with Crippen LogP contribution in [0.3, 0.4) is 0 Å². The SMILES string of the molecule is CCc1cnc(CNC(=NC)N(C)Cc2ncc(-c3ccccc3)[nH]2)s1.I. The van der Waals surface area contributed by atoms with Crippen LogP contribution >= 0.6 is 35.3 Å². The lowest BCUT2D eigenvalue weighted by Crippen LogP contribution is -2.38. The number of aryl methyl sites for hydroxylation is 1. The molecule has 0 bridgehead atoms. The van der Waals surface area contributed by atoms with Gasteiger partial charge < -0.3 is 15.2 Å². The first-order valence-electron chi connectivity index (χ1n) is 8.64. The molecule has 1 aromatic carbocycles. The maximum absolute atomic E-state index is 4.49. The summed E-state index contributed by atoms with van der Waals surface area (Å²) >= 11 is 1.74. The van der Waals surface area contributed by atoms with Gasteiger partial charge >= 0.3 is 0 Å². The number of imidazole rings is 1. The molecule has 6 nitrogen and oxygen atoms in total. The number of aliphatic imine (C=N–C) groups is 1. The number of rotatable bonds is 6. The molecule has 0 unspecified atom stereocenters. The van der Waals surface area contributed by atoms with Crippen LogP contribution in [0.4, 0.5) is 0 Å². The summed E-state index contributed by atoms with van der Waals surface area (Å²) in [6, 6.07) is 10.2. The summed E-state index contributed by atoms with van der Waals surface area (Å²) in [7, 11) is 3.79. The summed E-state index contributed by atoms with van der Waals surface area (Å²) in [6.45, 7) is 3.46. The zero-order valence-corrected chi connectivity index (χ0v) is 18.9. The molecule has 3 rings (SSSR count). The lowest BCUT2D eigenvalue weighted by Gasteiger charge is -2.20. The molecule has 2 heterocycles. The number of thiazole rings is 1. The van der Waals surface area contributed by atoms with Gasteiger partial charge in [-0.1, -0.05) is 37.3 Å². The van der Waals surface area contributed by atoms with Gasteiger partial charge in [0.15, 0.2) is 5.96 Å². The topological polar surface area (TPSA) is 69.2 Å². The highest BCUT2D eigenvalue weighted by Crippen LogP contribution is 2.16. The second kappa shape index (κ2) is 10.4. The molecule has 0 saturated heterocycles. The van der Waals surface area contributed by atoms with Crippen LogP contribution < -0.4 is 5.32 Å². The van der Waals surface area contributed by atoms with E-state index in [2.05, 4.69) is 44.3 Å². The van der Waals surface area contributed by atoms with Gasteiger partial charge in [0.25, 0.3) is 0 Å². The van der Waals surface area contributed by atoms with Gasteiger partial charge in [0.1, 0.15) is 10.8 Å². The molecule has 0 radical (unpaired) electrons. The smallest absolute Gasteiger partial charge is 0.194 e. The van der Waals surface area contributed by atoms with Gasteiger partial charge in [0.2, 0.25) is 0 Å². The molecule has 0 atom stereocenters. The van der Waals surface area contributed by atoms with E-state index >= 15 is 0 Å². The van der Waals surface area contributed by atoms with Crippen molar-refractivity contribution < 1.29 is 0 Å². The van der Waals surface area contributed by atoms with E-state index in [1.54, 1.807) is 18.4 Å². The third-order valence-electron chi connectivity index (χ3n) is 4.02. The van der Waals surface area contributed by atoms with Crippen LogP contribution in [0.25, 0.3) is 11.3 Å². The molecule has 8 heteroatoms. The Morgan fingerprint density at radius 1 is 1.22 bits per heavy atom. The first-order valence-corrected chi connectivity index (χ1v) is 9.46. The van der Waals surface area contributed by atoms with E-state index in [1.807, 2.05) is 42.5 Å². The number of hydrogen-bond donors (Lipinski definition) is 2. The zero-order chi connectivity index (χ0) is 18.4. The van der Waals surface area contributed by atoms with Crippen LogP contribution in [-0.4, -0.2) is 39.9 Å². The highest BCUT2D eigenvalue weighted by Gasteiger charge is 2.10. The number of aromatic nitrogens is 3. The highest BCUT2D eigenvalue weighted by atomic mass is 127. The Kier molecular flexibility index (Phi) is 8.23. The van der Waals surface area contributed by atoms with Crippen molar-refractivity contribution in [2.24, 2.45) is 4.99 Å². The van der Waals surface area contributed by atoms with E-state index in [9.17, 15) is 0 Å². The van der Waals surface area contributed by atoms with E-state index in [4.69, 9.17) is 0 Å². The average Bonchev–Trinajstić information content (AvgIpc) is 3.32. The minimum atomic E-state index is 0. The van der Waals surface area contributed by atoms with E-state index in [0.29, 0.717) is 13.1 Å². The van der Waals surface area contributed by atoms with Gasteiger partial charge in [0, 0.05) is 25.2 Å². The number of H-pyrrole nitrogens is 1. The van der Waals surface area contributed by atoms with Crippen LogP contribution in [0, 0.1) is 0 Å². The van der Waals surface area contributed by atoms with Crippen molar-refractivity contribution in [1.82, 2.24) is 25.2 Å². The molecule has 0 aliphatic rings. The Balaban J connectivity index is 0.00000261. The molecule has 144 valence electrons. The molecule has 0 amide bonds. The largest absolute Gasteiger partial charge is 0.350 e. The molecular formula is C19H25IN6S. The first kappa shape index (κ1) is 21.4. The van der Waals surface area contributed by atoms with Gasteiger partial charge in [-0.25, -0.2) is 9.97 Å². The van der Waals surface area contributed by atoms with E-state index in [1.165, 1.54) is 4.88 Å². The van der Waals surface area contributed by atoms with E-state index in [-0.39, 0.29) is 24.0 Å². The monoisotopic (exact) mass is 496 g/mol. The van der Waals surface area contributed by atoms with Crippen molar-refractivity contribution in [2.75, 3.05) is 14.1 Å². The van der Waals surface area contributed by atoms with Crippen molar-refractivity contribution >= 4 is 41.3 Å². The number of halogens is 1. The summed E-state index contributed by atoms with van der Waals surface area (Å²) < 4.78 is 0. The Morgan fingerprint density at radius 2 is 2.00 bits per heavy atom. The summed E-state index contributed by atoms with van der Waals surface area (Å²) in [4.78, 5) is 20.0. The van der Waals surface area contributed by atoms with Crippen LogP contribution in [0.1, 0.15) is 22.6 Å². The number of nitrogens with one attached hydrogen (secondary N) is 2. The Labute approximate surface area is 181 Å². The number of hydrogen-bond acceptors (Lipinski definition) is 4. The molecular weight excluding hydrogens is 471 g/mol. The standard InChI is InChI=1S/C19H24N6S.HI/c1-4-15-10-22-18(26-15)12-23-19(20-2)25(3)13-17-21-11-16(24-17)14-8-6-5-7-9-14;/h5-11H,4,12-13H2,1-3H3,(H,20,23)(H,21,24);1H. The second-order valence-electron chi connectivity index (χ2n) is 5.94. The van der Waals surface area contributed by atoms with Crippen LogP contribution in [-0.2, 0) is 19.5 Å². The number of nitrogens with zero attached hydrogens (tertiary/aromatic N) is 4.